The fourth-order valence-electron chi connectivity index (χ4n) is 1.98. The Morgan fingerprint density at radius 2 is 2.19 bits per heavy atom. The number of halogens is 1. The molecule has 1 aliphatic rings. The van der Waals surface area contributed by atoms with Gasteiger partial charge in [-0.05, 0) is 12.5 Å². The van der Waals surface area contributed by atoms with Crippen molar-refractivity contribution in [3.8, 4) is 11.3 Å². The summed E-state index contributed by atoms with van der Waals surface area (Å²) in [5.41, 5.74) is 1.93. The van der Waals surface area contributed by atoms with Crippen LogP contribution in [-0.2, 0) is 6.54 Å². The molecule has 0 unspecified atom stereocenters. The van der Waals surface area contributed by atoms with E-state index in [1.807, 2.05) is 28.9 Å². The van der Waals surface area contributed by atoms with E-state index >= 15 is 0 Å². The van der Waals surface area contributed by atoms with Crippen molar-refractivity contribution >= 4 is 17.4 Å². The van der Waals surface area contributed by atoms with Gasteiger partial charge < -0.3 is 5.32 Å². The molecule has 0 aliphatic carbocycles. The minimum atomic E-state index is 0.748. The second-order valence-corrected chi connectivity index (χ2v) is 4.31. The minimum absolute atomic E-state index is 0.748. The molecule has 82 valence electrons. The number of nitrogens with zero attached hydrogens (tertiary/aromatic N) is 2. The average molecular weight is 234 g/mol. The molecule has 1 aromatic heterocycles. The van der Waals surface area contributed by atoms with Gasteiger partial charge in [-0.3, -0.25) is 0 Å². The summed E-state index contributed by atoms with van der Waals surface area (Å²) in [4.78, 5) is 0. The van der Waals surface area contributed by atoms with Crippen molar-refractivity contribution in [2.45, 2.75) is 13.0 Å². The highest BCUT2D eigenvalue weighted by atomic mass is 35.5. The van der Waals surface area contributed by atoms with Crippen LogP contribution in [0.3, 0.4) is 0 Å². The van der Waals surface area contributed by atoms with Gasteiger partial charge in [-0.15, -0.1) is 0 Å². The van der Waals surface area contributed by atoms with Gasteiger partial charge in [-0.25, -0.2) is 4.68 Å². The standard InChI is InChI=1S/C12H12ClN3/c13-10-5-2-1-4-9(10)11-8-12-14-6-3-7-16(12)15-11/h1-2,4-5,8,14H,3,6-7H2. The molecule has 1 N–H and O–H groups in total. The molecule has 2 heterocycles. The molecule has 0 saturated heterocycles. The Labute approximate surface area is 99.0 Å². The normalized spacial score (nSPS) is 14.3. The Morgan fingerprint density at radius 3 is 3.00 bits per heavy atom. The highest BCUT2D eigenvalue weighted by Gasteiger charge is 2.13. The van der Waals surface area contributed by atoms with Crippen LogP contribution < -0.4 is 5.32 Å². The Balaban J connectivity index is 2.07. The fourth-order valence-corrected chi connectivity index (χ4v) is 2.21. The second kappa shape index (κ2) is 3.83. The van der Waals surface area contributed by atoms with E-state index in [2.05, 4.69) is 16.5 Å². The van der Waals surface area contributed by atoms with Crippen molar-refractivity contribution in [2.75, 3.05) is 11.9 Å². The van der Waals surface area contributed by atoms with Crippen molar-refractivity contribution < 1.29 is 0 Å². The van der Waals surface area contributed by atoms with Crippen LogP contribution >= 0.6 is 11.6 Å². The lowest BCUT2D eigenvalue weighted by Gasteiger charge is -2.14. The number of hydrogen-bond donors (Lipinski definition) is 1. The summed E-state index contributed by atoms with van der Waals surface area (Å²) >= 11 is 6.15. The molecular weight excluding hydrogens is 222 g/mol. The van der Waals surface area contributed by atoms with E-state index in [1.165, 1.54) is 0 Å². The molecule has 1 aliphatic heterocycles. The van der Waals surface area contributed by atoms with Gasteiger partial charge in [-0.2, -0.15) is 5.10 Å². The monoisotopic (exact) mass is 233 g/mol. The van der Waals surface area contributed by atoms with Crippen LogP contribution in [0.2, 0.25) is 5.02 Å². The number of anilines is 1. The Bertz CT molecular complexity index is 495. The van der Waals surface area contributed by atoms with Gasteiger partial charge in [-0.1, -0.05) is 29.8 Å². The molecule has 0 fully saturated rings. The molecule has 0 amide bonds. The summed E-state index contributed by atoms with van der Waals surface area (Å²) < 4.78 is 2.00. The first-order valence-electron chi connectivity index (χ1n) is 5.41. The maximum absolute atomic E-state index is 6.15. The number of hydrogen-bond acceptors (Lipinski definition) is 2. The van der Waals surface area contributed by atoms with Crippen LogP contribution in [0.1, 0.15) is 6.42 Å². The van der Waals surface area contributed by atoms with E-state index < -0.39 is 0 Å². The molecule has 16 heavy (non-hydrogen) atoms. The molecule has 0 radical (unpaired) electrons. The first-order valence-corrected chi connectivity index (χ1v) is 5.79. The van der Waals surface area contributed by atoms with E-state index in [4.69, 9.17) is 11.6 Å². The van der Waals surface area contributed by atoms with E-state index in [0.29, 0.717) is 0 Å². The molecule has 3 rings (SSSR count). The van der Waals surface area contributed by atoms with Crippen LogP contribution in [0, 0.1) is 0 Å². The zero-order chi connectivity index (χ0) is 11.0. The Kier molecular flexibility index (Phi) is 2.33. The minimum Gasteiger partial charge on any atom is -0.370 e. The summed E-state index contributed by atoms with van der Waals surface area (Å²) in [6.45, 7) is 2.00. The van der Waals surface area contributed by atoms with Gasteiger partial charge in [0.2, 0.25) is 0 Å². The third-order valence-electron chi connectivity index (χ3n) is 2.78. The zero-order valence-corrected chi connectivity index (χ0v) is 9.54. The Morgan fingerprint density at radius 1 is 1.31 bits per heavy atom. The summed E-state index contributed by atoms with van der Waals surface area (Å²) in [5.74, 6) is 1.08. The lowest BCUT2D eigenvalue weighted by atomic mass is 10.1. The first-order chi connectivity index (χ1) is 7.84. The molecule has 0 atom stereocenters. The third kappa shape index (κ3) is 1.57. The van der Waals surface area contributed by atoms with Crippen LogP contribution in [0.4, 0.5) is 5.82 Å². The van der Waals surface area contributed by atoms with Gasteiger partial charge >= 0.3 is 0 Å². The van der Waals surface area contributed by atoms with Gasteiger partial charge in [0.05, 0.1) is 10.7 Å². The lowest BCUT2D eigenvalue weighted by Crippen LogP contribution is -2.17. The summed E-state index contributed by atoms with van der Waals surface area (Å²) in [6.07, 6.45) is 1.12. The number of aromatic nitrogens is 2. The van der Waals surface area contributed by atoms with E-state index in [9.17, 15) is 0 Å². The van der Waals surface area contributed by atoms with Gasteiger partial charge in [0.15, 0.2) is 0 Å². The van der Waals surface area contributed by atoms with Crippen LogP contribution in [-0.4, -0.2) is 16.3 Å². The number of benzene rings is 1. The Hall–Kier alpha value is -1.48. The molecule has 0 spiro atoms. The third-order valence-corrected chi connectivity index (χ3v) is 3.11. The maximum atomic E-state index is 6.15. The van der Waals surface area contributed by atoms with Gasteiger partial charge in [0.1, 0.15) is 5.82 Å². The lowest BCUT2D eigenvalue weighted by molar-refractivity contribution is 0.569. The number of fused-ring (bicyclic) bond motifs is 1. The molecule has 3 nitrogen and oxygen atoms in total. The molecule has 1 aromatic carbocycles. The summed E-state index contributed by atoms with van der Waals surface area (Å²) in [6, 6.07) is 9.85. The molecule has 4 heteroatoms. The topological polar surface area (TPSA) is 29.9 Å². The van der Waals surface area contributed by atoms with Crippen LogP contribution in [0.5, 0.6) is 0 Å². The quantitative estimate of drug-likeness (QED) is 0.821. The second-order valence-electron chi connectivity index (χ2n) is 3.90. The van der Waals surface area contributed by atoms with Crippen molar-refractivity contribution in [3.63, 3.8) is 0 Å². The van der Waals surface area contributed by atoms with Crippen LogP contribution in [0.15, 0.2) is 30.3 Å². The summed E-state index contributed by atoms with van der Waals surface area (Å²) in [7, 11) is 0. The number of rotatable bonds is 1. The molecule has 2 aromatic rings. The van der Waals surface area contributed by atoms with Crippen molar-refractivity contribution in [3.05, 3.63) is 35.4 Å². The predicted molar refractivity (Wildman–Crippen MR) is 65.8 cm³/mol. The summed E-state index contributed by atoms with van der Waals surface area (Å²) in [5, 5.41) is 8.63. The molecule has 0 saturated carbocycles. The van der Waals surface area contributed by atoms with Gasteiger partial charge in [0.25, 0.3) is 0 Å². The SMILES string of the molecule is Clc1ccccc1-c1cc2n(n1)CCCN2. The fraction of sp³-hybridized carbons (Fsp3) is 0.250. The van der Waals surface area contributed by atoms with Gasteiger partial charge in [0, 0.05) is 24.7 Å². The average Bonchev–Trinajstić information content (AvgIpc) is 2.73. The van der Waals surface area contributed by atoms with E-state index in [0.717, 1.165) is 41.6 Å². The first kappa shape index (κ1) is 9.73. The zero-order valence-electron chi connectivity index (χ0n) is 8.78. The molecular formula is C12H12ClN3. The van der Waals surface area contributed by atoms with E-state index in [-0.39, 0.29) is 0 Å². The number of nitrogens with one attached hydrogen (secondary N) is 1. The largest absolute Gasteiger partial charge is 0.370 e. The molecule has 0 bridgehead atoms. The van der Waals surface area contributed by atoms with E-state index in [1.54, 1.807) is 0 Å². The van der Waals surface area contributed by atoms with Crippen molar-refractivity contribution in [1.82, 2.24) is 9.78 Å². The highest BCUT2D eigenvalue weighted by molar-refractivity contribution is 6.33. The smallest absolute Gasteiger partial charge is 0.124 e. The van der Waals surface area contributed by atoms with Crippen LogP contribution in [0.25, 0.3) is 11.3 Å². The van der Waals surface area contributed by atoms with Crippen molar-refractivity contribution in [1.29, 1.82) is 0 Å². The van der Waals surface area contributed by atoms with Crippen molar-refractivity contribution in [2.24, 2.45) is 0 Å². The number of aryl methyl sites for hydroxylation is 1. The highest BCUT2D eigenvalue weighted by Crippen LogP contribution is 2.29. The maximum Gasteiger partial charge on any atom is 0.124 e. The predicted octanol–water partition coefficient (Wildman–Crippen LogP) is 3.02.